The number of hydrogen-bond acceptors (Lipinski definition) is 3. The summed E-state index contributed by atoms with van der Waals surface area (Å²) in [4.78, 5) is 11.6. The van der Waals surface area contributed by atoms with Gasteiger partial charge in [-0.1, -0.05) is 29.8 Å². The van der Waals surface area contributed by atoms with Gasteiger partial charge in [0, 0.05) is 6.54 Å². The Labute approximate surface area is 106 Å². The smallest absolute Gasteiger partial charge is 0.315 e. The maximum absolute atomic E-state index is 11.6. The van der Waals surface area contributed by atoms with E-state index in [0.717, 1.165) is 16.9 Å². The fraction of sp³-hybridized carbons (Fsp3) is 0.462. The first-order valence-corrected chi connectivity index (χ1v) is 6.96. The van der Waals surface area contributed by atoms with E-state index in [1.54, 1.807) is 11.8 Å². The highest BCUT2D eigenvalue weighted by atomic mass is 32.2. The minimum atomic E-state index is -0.948. The monoisotopic (exact) mass is 253 g/mol. The first-order chi connectivity index (χ1) is 8.06. The van der Waals surface area contributed by atoms with Crippen molar-refractivity contribution in [1.29, 1.82) is 0 Å². The number of aryl methyl sites for hydroxylation is 1. The molecule has 0 saturated carbocycles. The Balaban J connectivity index is 3.12. The Bertz CT molecular complexity index is 378. The SMILES string of the molecule is CSCCC(CN)(C(=O)O)c1ccc(C)cc1. The van der Waals surface area contributed by atoms with Gasteiger partial charge in [0.15, 0.2) is 0 Å². The molecule has 0 bridgehead atoms. The van der Waals surface area contributed by atoms with Crippen molar-refractivity contribution in [3.8, 4) is 0 Å². The molecule has 0 aliphatic rings. The molecular weight excluding hydrogens is 234 g/mol. The first kappa shape index (κ1) is 14.1. The molecule has 0 radical (unpaired) electrons. The zero-order valence-electron chi connectivity index (χ0n) is 10.3. The highest BCUT2D eigenvalue weighted by Crippen LogP contribution is 2.29. The fourth-order valence-electron chi connectivity index (χ4n) is 1.83. The molecule has 0 aliphatic carbocycles. The van der Waals surface area contributed by atoms with Gasteiger partial charge >= 0.3 is 5.97 Å². The van der Waals surface area contributed by atoms with Gasteiger partial charge in [-0.2, -0.15) is 11.8 Å². The highest BCUT2D eigenvalue weighted by Gasteiger charge is 2.38. The van der Waals surface area contributed by atoms with Crippen molar-refractivity contribution in [3.05, 3.63) is 35.4 Å². The van der Waals surface area contributed by atoms with E-state index in [-0.39, 0.29) is 6.54 Å². The molecule has 0 aliphatic heterocycles. The summed E-state index contributed by atoms with van der Waals surface area (Å²) < 4.78 is 0. The number of rotatable bonds is 6. The minimum Gasteiger partial charge on any atom is -0.481 e. The predicted molar refractivity (Wildman–Crippen MR) is 72.5 cm³/mol. The summed E-state index contributed by atoms with van der Waals surface area (Å²) in [5, 5.41) is 9.48. The number of nitrogens with two attached hydrogens (primary N) is 1. The van der Waals surface area contributed by atoms with Crippen LogP contribution in [0.3, 0.4) is 0 Å². The van der Waals surface area contributed by atoms with Crippen molar-refractivity contribution < 1.29 is 9.90 Å². The number of aliphatic carboxylic acids is 1. The maximum Gasteiger partial charge on any atom is 0.315 e. The molecule has 0 amide bonds. The molecule has 1 aromatic rings. The average molecular weight is 253 g/mol. The van der Waals surface area contributed by atoms with Crippen molar-refractivity contribution >= 4 is 17.7 Å². The van der Waals surface area contributed by atoms with Crippen LogP contribution in [-0.4, -0.2) is 29.6 Å². The van der Waals surface area contributed by atoms with Crippen LogP contribution in [0.5, 0.6) is 0 Å². The lowest BCUT2D eigenvalue weighted by atomic mass is 9.78. The number of carboxylic acids is 1. The highest BCUT2D eigenvalue weighted by molar-refractivity contribution is 7.98. The molecule has 1 unspecified atom stereocenters. The van der Waals surface area contributed by atoms with E-state index in [1.807, 2.05) is 37.4 Å². The van der Waals surface area contributed by atoms with Crippen molar-refractivity contribution in [2.45, 2.75) is 18.8 Å². The molecule has 1 rings (SSSR count). The second-order valence-corrected chi connectivity index (χ2v) is 5.19. The molecule has 0 heterocycles. The third-order valence-electron chi connectivity index (χ3n) is 3.09. The largest absolute Gasteiger partial charge is 0.481 e. The zero-order chi connectivity index (χ0) is 12.9. The van der Waals surface area contributed by atoms with Crippen LogP contribution in [0.2, 0.25) is 0 Å². The van der Waals surface area contributed by atoms with Gasteiger partial charge in [-0.15, -0.1) is 0 Å². The normalized spacial score (nSPS) is 14.3. The second kappa shape index (κ2) is 6.07. The van der Waals surface area contributed by atoms with E-state index in [1.165, 1.54) is 0 Å². The second-order valence-electron chi connectivity index (χ2n) is 4.20. The number of benzene rings is 1. The van der Waals surface area contributed by atoms with E-state index in [0.29, 0.717) is 6.42 Å². The Hall–Kier alpha value is -1.00. The molecule has 0 saturated heterocycles. The fourth-order valence-corrected chi connectivity index (χ4v) is 2.38. The van der Waals surface area contributed by atoms with E-state index in [9.17, 15) is 9.90 Å². The Morgan fingerprint density at radius 3 is 2.41 bits per heavy atom. The molecule has 3 N–H and O–H groups in total. The van der Waals surface area contributed by atoms with Crippen LogP contribution >= 0.6 is 11.8 Å². The lowest BCUT2D eigenvalue weighted by Gasteiger charge is -2.28. The molecule has 0 spiro atoms. The summed E-state index contributed by atoms with van der Waals surface area (Å²) in [5.41, 5.74) is 6.70. The Kier molecular flexibility index (Phi) is 5.02. The molecule has 0 aromatic heterocycles. The molecule has 0 fully saturated rings. The third-order valence-corrected chi connectivity index (χ3v) is 3.71. The van der Waals surface area contributed by atoms with Gasteiger partial charge in [0.05, 0.1) is 0 Å². The first-order valence-electron chi connectivity index (χ1n) is 5.56. The van der Waals surface area contributed by atoms with Gasteiger partial charge in [0.2, 0.25) is 0 Å². The Morgan fingerprint density at radius 2 is 2.00 bits per heavy atom. The predicted octanol–water partition coefficient (Wildman–Crippen LogP) is 2.03. The molecule has 94 valence electrons. The van der Waals surface area contributed by atoms with Gasteiger partial charge in [-0.25, -0.2) is 0 Å². The summed E-state index contributed by atoms with van der Waals surface area (Å²) in [6.45, 7) is 2.11. The lowest BCUT2D eigenvalue weighted by Crippen LogP contribution is -2.43. The van der Waals surface area contributed by atoms with Crippen molar-refractivity contribution in [3.63, 3.8) is 0 Å². The average Bonchev–Trinajstić information content (AvgIpc) is 2.32. The topological polar surface area (TPSA) is 63.3 Å². The molecule has 1 aromatic carbocycles. The van der Waals surface area contributed by atoms with Crippen molar-refractivity contribution in [2.75, 3.05) is 18.6 Å². The molecule has 17 heavy (non-hydrogen) atoms. The molecular formula is C13H19NO2S. The van der Waals surface area contributed by atoms with Crippen LogP contribution in [0.15, 0.2) is 24.3 Å². The van der Waals surface area contributed by atoms with E-state index < -0.39 is 11.4 Å². The van der Waals surface area contributed by atoms with Crippen LogP contribution in [0, 0.1) is 6.92 Å². The summed E-state index contributed by atoms with van der Waals surface area (Å²) >= 11 is 1.64. The van der Waals surface area contributed by atoms with Crippen molar-refractivity contribution in [1.82, 2.24) is 0 Å². The summed E-state index contributed by atoms with van der Waals surface area (Å²) in [6, 6.07) is 7.61. The van der Waals surface area contributed by atoms with Crippen LogP contribution in [0.25, 0.3) is 0 Å². The van der Waals surface area contributed by atoms with E-state index in [4.69, 9.17) is 5.73 Å². The zero-order valence-corrected chi connectivity index (χ0v) is 11.1. The van der Waals surface area contributed by atoms with Crippen molar-refractivity contribution in [2.24, 2.45) is 5.73 Å². The minimum absolute atomic E-state index is 0.131. The molecule has 3 nitrogen and oxygen atoms in total. The van der Waals surface area contributed by atoms with Gasteiger partial charge in [-0.05, 0) is 30.9 Å². The summed E-state index contributed by atoms with van der Waals surface area (Å²) in [7, 11) is 0. The van der Waals surface area contributed by atoms with Gasteiger partial charge in [0.25, 0.3) is 0 Å². The van der Waals surface area contributed by atoms with E-state index in [2.05, 4.69) is 0 Å². The Morgan fingerprint density at radius 1 is 1.41 bits per heavy atom. The number of thioether (sulfide) groups is 1. The molecule has 4 heteroatoms. The van der Waals surface area contributed by atoms with Crippen LogP contribution in [0.4, 0.5) is 0 Å². The van der Waals surface area contributed by atoms with E-state index >= 15 is 0 Å². The van der Waals surface area contributed by atoms with Gasteiger partial charge in [-0.3, -0.25) is 4.79 Å². The molecule has 1 atom stereocenters. The maximum atomic E-state index is 11.6. The summed E-state index contributed by atoms with van der Waals surface area (Å²) in [6.07, 6.45) is 2.53. The van der Waals surface area contributed by atoms with Crippen LogP contribution < -0.4 is 5.73 Å². The number of hydrogen-bond donors (Lipinski definition) is 2. The quantitative estimate of drug-likeness (QED) is 0.814. The number of carbonyl (C=O) groups is 1. The summed E-state index contributed by atoms with van der Waals surface area (Å²) in [5.74, 6) is -0.0462. The third kappa shape index (κ3) is 3.01. The van der Waals surface area contributed by atoms with Gasteiger partial charge in [0.1, 0.15) is 5.41 Å². The lowest BCUT2D eigenvalue weighted by molar-refractivity contribution is -0.143. The number of carboxylic acid groups (broad SMARTS) is 1. The standard InChI is InChI=1S/C13H19NO2S/c1-10-3-5-11(6-4-10)13(9-14,12(15)16)7-8-17-2/h3-6H,7-9,14H2,1-2H3,(H,15,16). The van der Waals surface area contributed by atoms with Gasteiger partial charge < -0.3 is 10.8 Å². The van der Waals surface area contributed by atoms with Crippen LogP contribution in [-0.2, 0) is 10.2 Å². The van der Waals surface area contributed by atoms with Crippen LogP contribution in [0.1, 0.15) is 17.5 Å².